The third kappa shape index (κ3) is 5.88. The highest BCUT2D eigenvalue weighted by Gasteiger charge is 2.26. The van der Waals surface area contributed by atoms with Crippen molar-refractivity contribution in [1.82, 2.24) is 14.8 Å². The van der Waals surface area contributed by atoms with Crippen LogP contribution in [0.5, 0.6) is 5.75 Å². The van der Waals surface area contributed by atoms with Gasteiger partial charge in [0.05, 0.1) is 11.3 Å². The van der Waals surface area contributed by atoms with Gasteiger partial charge in [-0.05, 0) is 54.4 Å². The molecule has 2 heterocycles. The smallest absolute Gasteiger partial charge is 0.235 e. The summed E-state index contributed by atoms with van der Waals surface area (Å²) >= 11 is 2.87. The van der Waals surface area contributed by atoms with Crippen LogP contribution >= 0.6 is 23.1 Å². The van der Waals surface area contributed by atoms with Crippen molar-refractivity contribution < 1.29 is 9.53 Å². The van der Waals surface area contributed by atoms with E-state index in [1.54, 1.807) is 11.3 Å². The molecule has 4 rings (SSSR count). The number of carbonyl (C=O) groups excluding carboxylic acids is 1. The molecule has 0 saturated heterocycles. The fourth-order valence-corrected chi connectivity index (χ4v) is 6.25. The number of thiophene rings is 1. The van der Waals surface area contributed by atoms with Gasteiger partial charge in [-0.1, -0.05) is 51.1 Å². The van der Waals surface area contributed by atoms with E-state index < -0.39 is 0 Å². The Labute approximate surface area is 214 Å². The number of hydrogen-bond donors (Lipinski definition) is 1. The molecule has 1 atom stereocenters. The Kier molecular flexibility index (Phi) is 8.14. The first-order valence-corrected chi connectivity index (χ1v) is 13.8. The van der Waals surface area contributed by atoms with Crippen molar-refractivity contribution >= 4 is 34.0 Å². The average Bonchev–Trinajstić information content (AvgIpc) is 3.39. The molecule has 0 spiro atoms. The number of hydrogen-bond acceptors (Lipinski definition) is 7. The molecule has 3 aromatic rings. The minimum Gasteiger partial charge on any atom is -0.486 e. The topological polar surface area (TPSA) is 92.8 Å². The van der Waals surface area contributed by atoms with Crippen LogP contribution in [0.4, 0.5) is 5.00 Å². The monoisotopic (exact) mass is 509 g/mol. The zero-order chi connectivity index (χ0) is 24.9. The highest BCUT2D eigenvalue weighted by atomic mass is 32.2. The number of thioether (sulfide) groups is 1. The number of anilines is 1. The molecule has 2 aromatic heterocycles. The number of rotatable bonds is 9. The molecule has 1 aliphatic carbocycles. The maximum absolute atomic E-state index is 12.7. The number of nitrogens with one attached hydrogen (secondary N) is 1. The van der Waals surface area contributed by atoms with Gasteiger partial charge in [-0.3, -0.25) is 4.79 Å². The van der Waals surface area contributed by atoms with E-state index in [0.29, 0.717) is 40.0 Å². The molecule has 1 aromatic carbocycles. The molecule has 0 bridgehead atoms. The second kappa shape index (κ2) is 11.3. The molecule has 0 saturated carbocycles. The highest BCUT2D eigenvalue weighted by molar-refractivity contribution is 7.99. The maximum atomic E-state index is 12.7. The summed E-state index contributed by atoms with van der Waals surface area (Å²) in [5.41, 5.74) is 3.03. The van der Waals surface area contributed by atoms with E-state index in [2.05, 4.69) is 54.5 Å². The summed E-state index contributed by atoms with van der Waals surface area (Å²) in [6.45, 7) is 6.82. The number of ether oxygens (including phenoxy) is 1. The summed E-state index contributed by atoms with van der Waals surface area (Å²) in [7, 11) is 1.87. The molecular formula is C26H31N5O2S2. The predicted molar refractivity (Wildman–Crippen MR) is 140 cm³/mol. The quantitative estimate of drug-likeness (QED) is 0.372. The van der Waals surface area contributed by atoms with Crippen molar-refractivity contribution in [2.24, 2.45) is 13.0 Å². The van der Waals surface area contributed by atoms with Crippen LogP contribution in [0.3, 0.4) is 0 Å². The molecule has 0 radical (unpaired) electrons. The molecule has 0 fully saturated rings. The molecule has 184 valence electrons. The van der Waals surface area contributed by atoms with Gasteiger partial charge in [0, 0.05) is 11.9 Å². The van der Waals surface area contributed by atoms with Gasteiger partial charge in [0.1, 0.15) is 23.4 Å². The van der Waals surface area contributed by atoms with Crippen molar-refractivity contribution in [3.63, 3.8) is 0 Å². The Morgan fingerprint density at radius 3 is 2.80 bits per heavy atom. The first-order valence-electron chi connectivity index (χ1n) is 12.0. The lowest BCUT2D eigenvalue weighted by Gasteiger charge is -2.20. The van der Waals surface area contributed by atoms with Gasteiger partial charge in [0.15, 0.2) is 11.0 Å². The molecular weight excluding hydrogens is 478 g/mol. The van der Waals surface area contributed by atoms with E-state index in [-0.39, 0.29) is 11.7 Å². The third-order valence-corrected chi connectivity index (χ3v) is 8.67. The average molecular weight is 510 g/mol. The number of fused-ring (bicyclic) bond motifs is 1. The molecule has 1 unspecified atom stereocenters. The first kappa shape index (κ1) is 25.3. The van der Waals surface area contributed by atoms with Gasteiger partial charge < -0.3 is 14.6 Å². The van der Waals surface area contributed by atoms with Crippen molar-refractivity contribution in [2.75, 3.05) is 11.1 Å². The van der Waals surface area contributed by atoms with Crippen LogP contribution in [0.2, 0.25) is 0 Å². The molecule has 1 N–H and O–H groups in total. The van der Waals surface area contributed by atoms with Crippen LogP contribution in [-0.2, 0) is 31.3 Å². The van der Waals surface area contributed by atoms with E-state index in [0.717, 1.165) is 37.0 Å². The SMILES string of the molecule is CCC1CCc2c(sc(NC(=O)CSc3nnc(COc4ccc(C(C)C)cc4)n3C)c2C#N)C1. The molecule has 7 nitrogen and oxygen atoms in total. The number of aromatic nitrogens is 3. The van der Waals surface area contributed by atoms with E-state index in [4.69, 9.17) is 4.74 Å². The molecule has 1 aliphatic rings. The number of carbonyl (C=O) groups is 1. The summed E-state index contributed by atoms with van der Waals surface area (Å²) in [4.78, 5) is 13.9. The Hall–Kier alpha value is -2.83. The Morgan fingerprint density at radius 1 is 1.34 bits per heavy atom. The van der Waals surface area contributed by atoms with Crippen molar-refractivity contribution in [3.8, 4) is 11.8 Å². The van der Waals surface area contributed by atoms with Gasteiger partial charge in [0.2, 0.25) is 5.91 Å². The Bertz CT molecular complexity index is 1220. The lowest BCUT2D eigenvalue weighted by atomic mass is 9.86. The molecule has 1 amide bonds. The lowest BCUT2D eigenvalue weighted by molar-refractivity contribution is -0.113. The summed E-state index contributed by atoms with van der Waals surface area (Å²) in [5, 5.41) is 22.4. The van der Waals surface area contributed by atoms with Gasteiger partial charge in [0.25, 0.3) is 0 Å². The fraction of sp³-hybridized carbons (Fsp3) is 0.462. The summed E-state index contributed by atoms with van der Waals surface area (Å²) in [6.07, 6.45) is 4.18. The zero-order valence-electron chi connectivity index (χ0n) is 20.6. The van der Waals surface area contributed by atoms with E-state index in [9.17, 15) is 10.1 Å². The third-order valence-electron chi connectivity index (χ3n) is 6.48. The predicted octanol–water partition coefficient (Wildman–Crippen LogP) is 5.70. The summed E-state index contributed by atoms with van der Waals surface area (Å²) < 4.78 is 7.71. The van der Waals surface area contributed by atoms with E-state index >= 15 is 0 Å². The van der Waals surface area contributed by atoms with Crippen LogP contribution in [0.1, 0.15) is 66.9 Å². The number of nitriles is 1. The number of benzene rings is 1. The van der Waals surface area contributed by atoms with Crippen LogP contribution in [0.25, 0.3) is 0 Å². The molecule has 35 heavy (non-hydrogen) atoms. The van der Waals surface area contributed by atoms with Crippen LogP contribution in [0.15, 0.2) is 29.4 Å². The minimum atomic E-state index is -0.150. The van der Waals surface area contributed by atoms with Gasteiger partial charge in [-0.2, -0.15) is 5.26 Å². The van der Waals surface area contributed by atoms with E-state index in [1.165, 1.54) is 22.2 Å². The molecule has 0 aliphatic heterocycles. The fourth-order valence-electron chi connectivity index (χ4n) is 4.20. The lowest BCUT2D eigenvalue weighted by Crippen LogP contribution is -2.15. The van der Waals surface area contributed by atoms with Crippen LogP contribution < -0.4 is 10.1 Å². The Morgan fingerprint density at radius 2 is 2.11 bits per heavy atom. The van der Waals surface area contributed by atoms with Crippen molar-refractivity contribution in [1.29, 1.82) is 5.26 Å². The van der Waals surface area contributed by atoms with Gasteiger partial charge in [-0.15, -0.1) is 21.5 Å². The largest absolute Gasteiger partial charge is 0.486 e. The van der Waals surface area contributed by atoms with E-state index in [1.807, 2.05) is 23.7 Å². The van der Waals surface area contributed by atoms with Gasteiger partial charge in [-0.25, -0.2) is 0 Å². The second-order valence-corrected chi connectivity index (χ2v) is 11.2. The molecule has 9 heteroatoms. The first-order chi connectivity index (χ1) is 16.9. The van der Waals surface area contributed by atoms with Crippen LogP contribution in [0, 0.1) is 17.2 Å². The second-order valence-electron chi connectivity index (χ2n) is 9.14. The zero-order valence-corrected chi connectivity index (χ0v) is 22.3. The number of nitrogens with zero attached hydrogens (tertiary/aromatic N) is 4. The number of amides is 1. The summed E-state index contributed by atoms with van der Waals surface area (Å²) in [5.74, 6) is 2.65. The highest BCUT2D eigenvalue weighted by Crippen LogP contribution is 2.40. The van der Waals surface area contributed by atoms with Crippen LogP contribution in [-0.4, -0.2) is 26.4 Å². The minimum absolute atomic E-state index is 0.150. The van der Waals surface area contributed by atoms with Crippen molar-refractivity contribution in [2.45, 2.75) is 64.1 Å². The van der Waals surface area contributed by atoms with Crippen molar-refractivity contribution in [3.05, 3.63) is 51.7 Å². The standard InChI is InChI=1S/C26H31N5O2S2/c1-5-17-6-11-20-21(13-27)25(35-22(20)12-17)28-24(32)15-34-26-30-29-23(31(26)4)14-33-19-9-7-18(8-10-19)16(2)3/h7-10,16-17H,5-6,11-12,14-15H2,1-4H3,(H,28,32). The maximum Gasteiger partial charge on any atom is 0.235 e. The van der Waals surface area contributed by atoms with Gasteiger partial charge >= 0.3 is 0 Å². The summed E-state index contributed by atoms with van der Waals surface area (Å²) in [6, 6.07) is 10.4. The normalized spacial score (nSPS) is 15.0. The Balaban J connectivity index is 1.32.